The van der Waals surface area contributed by atoms with Gasteiger partial charge in [-0.2, -0.15) is 0 Å². The van der Waals surface area contributed by atoms with Crippen LogP contribution in [0.15, 0.2) is 42.5 Å². The number of carbonyl (C=O) groups is 1. The van der Waals surface area contributed by atoms with Crippen molar-refractivity contribution in [3.63, 3.8) is 0 Å². The Bertz CT molecular complexity index is 706. The number of hydrogen-bond donors (Lipinski definition) is 1. The molecule has 0 amide bonds. The van der Waals surface area contributed by atoms with Gasteiger partial charge in [0, 0.05) is 22.1 Å². The van der Waals surface area contributed by atoms with Crippen LogP contribution < -0.4 is 0 Å². The van der Waals surface area contributed by atoms with Crippen molar-refractivity contribution in [2.45, 2.75) is 19.4 Å². The number of rotatable bonds is 2. The van der Waals surface area contributed by atoms with Gasteiger partial charge in [0.25, 0.3) is 0 Å². The zero-order valence-corrected chi connectivity index (χ0v) is 12.1. The van der Waals surface area contributed by atoms with E-state index < -0.39 is 5.60 Å². The van der Waals surface area contributed by atoms with Gasteiger partial charge in [0.15, 0.2) is 11.4 Å². The zero-order valence-electron chi connectivity index (χ0n) is 11.4. The van der Waals surface area contributed by atoms with Gasteiger partial charge in [-0.3, -0.25) is 4.79 Å². The van der Waals surface area contributed by atoms with E-state index in [1.54, 1.807) is 26.0 Å². The second-order valence-electron chi connectivity index (χ2n) is 5.46. The minimum Gasteiger partial charge on any atom is -0.373 e. The van der Waals surface area contributed by atoms with Crippen LogP contribution in [0.25, 0.3) is 11.1 Å². The van der Waals surface area contributed by atoms with Crippen LogP contribution in [0.4, 0.5) is 0 Å². The molecular weight excluding hydrogens is 272 g/mol. The van der Waals surface area contributed by atoms with Gasteiger partial charge in [-0.15, -0.1) is 0 Å². The number of benzene rings is 2. The molecule has 1 aliphatic rings. The molecule has 20 heavy (non-hydrogen) atoms. The highest BCUT2D eigenvalue weighted by Gasteiger charge is 2.48. The number of fused-ring (bicyclic) bond motifs is 3. The van der Waals surface area contributed by atoms with E-state index in [2.05, 4.69) is 0 Å². The summed E-state index contributed by atoms with van der Waals surface area (Å²) in [7, 11) is 0. The number of Topliss-reactive ketones (excluding diaryl/α,β-unsaturated/α-hetero) is 1. The van der Waals surface area contributed by atoms with Crippen molar-refractivity contribution >= 4 is 17.4 Å². The van der Waals surface area contributed by atoms with Crippen LogP contribution >= 0.6 is 11.6 Å². The summed E-state index contributed by atoms with van der Waals surface area (Å²) in [4.78, 5) is 12.6. The van der Waals surface area contributed by atoms with Crippen LogP contribution in [0.2, 0.25) is 5.02 Å². The maximum atomic E-state index is 12.6. The lowest BCUT2D eigenvalue weighted by atomic mass is 9.82. The second kappa shape index (κ2) is 4.44. The Morgan fingerprint density at radius 3 is 2.45 bits per heavy atom. The summed E-state index contributed by atoms with van der Waals surface area (Å²) < 4.78 is 0. The Kier molecular flexibility index (Phi) is 2.96. The average Bonchev–Trinajstić information content (AvgIpc) is 2.69. The molecule has 3 heteroatoms. The number of carbonyl (C=O) groups excluding carboxylic acids is 1. The summed E-state index contributed by atoms with van der Waals surface area (Å²) in [5.41, 5.74) is 1.42. The van der Waals surface area contributed by atoms with Gasteiger partial charge >= 0.3 is 0 Å². The molecule has 102 valence electrons. The predicted molar refractivity (Wildman–Crippen MR) is 79.7 cm³/mol. The SMILES string of the molecule is CC(C)C(=O)C1(O)c2ccccc2-c2ccc(Cl)cc21. The molecule has 1 atom stereocenters. The molecule has 0 aromatic heterocycles. The van der Waals surface area contributed by atoms with Crippen LogP contribution in [0.3, 0.4) is 0 Å². The van der Waals surface area contributed by atoms with Gasteiger partial charge in [-0.05, 0) is 23.3 Å². The number of ketones is 1. The van der Waals surface area contributed by atoms with Gasteiger partial charge in [0.2, 0.25) is 0 Å². The van der Waals surface area contributed by atoms with Crippen molar-refractivity contribution in [2.75, 3.05) is 0 Å². The number of hydrogen-bond acceptors (Lipinski definition) is 2. The summed E-state index contributed by atoms with van der Waals surface area (Å²) in [6.07, 6.45) is 0. The Morgan fingerprint density at radius 2 is 1.75 bits per heavy atom. The molecule has 0 saturated heterocycles. The second-order valence-corrected chi connectivity index (χ2v) is 5.90. The van der Waals surface area contributed by atoms with Crippen molar-refractivity contribution in [1.82, 2.24) is 0 Å². The summed E-state index contributed by atoms with van der Waals surface area (Å²) in [6.45, 7) is 3.59. The Balaban J connectivity index is 2.36. The third kappa shape index (κ3) is 1.65. The summed E-state index contributed by atoms with van der Waals surface area (Å²) in [6, 6.07) is 12.8. The van der Waals surface area contributed by atoms with Crippen LogP contribution in [-0.4, -0.2) is 10.9 Å². The van der Waals surface area contributed by atoms with E-state index >= 15 is 0 Å². The smallest absolute Gasteiger partial charge is 0.176 e. The minimum atomic E-state index is -1.59. The predicted octanol–water partition coefficient (Wildman–Crippen LogP) is 3.78. The summed E-state index contributed by atoms with van der Waals surface area (Å²) in [5.74, 6) is -0.469. The molecule has 0 heterocycles. The number of halogens is 1. The standard InChI is InChI=1S/C17H15ClO2/c1-10(2)16(19)17(20)14-6-4-3-5-12(14)13-8-7-11(18)9-15(13)17/h3-10,20H,1-2H3. The van der Waals surface area contributed by atoms with E-state index in [4.69, 9.17) is 11.6 Å². The fourth-order valence-electron chi connectivity index (χ4n) is 2.91. The lowest BCUT2D eigenvalue weighted by Gasteiger charge is -2.26. The van der Waals surface area contributed by atoms with Crippen LogP contribution in [0, 0.1) is 5.92 Å². The first kappa shape index (κ1) is 13.3. The molecule has 0 spiro atoms. The molecule has 1 aliphatic carbocycles. The molecule has 2 aromatic rings. The highest BCUT2D eigenvalue weighted by Crippen LogP contribution is 2.49. The topological polar surface area (TPSA) is 37.3 Å². The third-order valence-electron chi connectivity index (χ3n) is 3.86. The summed E-state index contributed by atoms with van der Waals surface area (Å²) >= 11 is 6.06. The van der Waals surface area contributed by atoms with Crippen LogP contribution in [0.5, 0.6) is 0 Å². The molecule has 0 bridgehead atoms. The zero-order chi connectivity index (χ0) is 14.5. The van der Waals surface area contributed by atoms with Crippen molar-refractivity contribution < 1.29 is 9.90 Å². The first-order chi connectivity index (χ1) is 9.46. The van der Waals surface area contributed by atoms with E-state index in [-0.39, 0.29) is 11.7 Å². The molecule has 2 nitrogen and oxygen atoms in total. The lowest BCUT2D eigenvalue weighted by molar-refractivity contribution is -0.137. The summed E-state index contributed by atoms with van der Waals surface area (Å²) in [5, 5.41) is 11.7. The fraction of sp³-hybridized carbons (Fsp3) is 0.235. The normalized spacial score (nSPS) is 19.9. The quantitative estimate of drug-likeness (QED) is 0.912. The van der Waals surface area contributed by atoms with Crippen molar-refractivity contribution in [2.24, 2.45) is 5.92 Å². The minimum absolute atomic E-state index is 0.203. The molecular formula is C17H15ClO2. The Labute approximate surface area is 123 Å². The van der Waals surface area contributed by atoms with E-state index in [0.717, 1.165) is 11.1 Å². The molecule has 0 radical (unpaired) electrons. The van der Waals surface area contributed by atoms with Crippen LogP contribution in [-0.2, 0) is 10.4 Å². The van der Waals surface area contributed by atoms with Crippen molar-refractivity contribution in [1.29, 1.82) is 0 Å². The third-order valence-corrected chi connectivity index (χ3v) is 4.09. The van der Waals surface area contributed by atoms with E-state index in [1.165, 1.54) is 0 Å². The molecule has 1 unspecified atom stereocenters. The molecule has 0 fully saturated rings. The first-order valence-corrected chi connectivity index (χ1v) is 7.00. The average molecular weight is 287 g/mol. The van der Waals surface area contributed by atoms with E-state index in [9.17, 15) is 9.90 Å². The molecule has 0 saturated carbocycles. The molecule has 1 N–H and O–H groups in total. The maximum Gasteiger partial charge on any atom is 0.176 e. The maximum absolute atomic E-state index is 12.6. The lowest BCUT2D eigenvalue weighted by Crippen LogP contribution is -2.38. The van der Waals surface area contributed by atoms with Crippen LogP contribution in [0.1, 0.15) is 25.0 Å². The monoisotopic (exact) mass is 286 g/mol. The largest absolute Gasteiger partial charge is 0.373 e. The van der Waals surface area contributed by atoms with E-state index in [0.29, 0.717) is 16.1 Å². The van der Waals surface area contributed by atoms with Gasteiger partial charge in [-0.1, -0.05) is 55.8 Å². The Morgan fingerprint density at radius 1 is 1.10 bits per heavy atom. The molecule has 3 rings (SSSR count). The molecule has 2 aromatic carbocycles. The van der Waals surface area contributed by atoms with Gasteiger partial charge in [0.05, 0.1) is 0 Å². The van der Waals surface area contributed by atoms with Gasteiger partial charge in [0.1, 0.15) is 0 Å². The van der Waals surface area contributed by atoms with Gasteiger partial charge in [-0.25, -0.2) is 0 Å². The first-order valence-electron chi connectivity index (χ1n) is 6.63. The molecule has 0 aliphatic heterocycles. The highest BCUT2D eigenvalue weighted by molar-refractivity contribution is 6.30. The fourth-order valence-corrected chi connectivity index (χ4v) is 3.08. The van der Waals surface area contributed by atoms with E-state index in [1.807, 2.05) is 30.3 Å². The highest BCUT2D eigenvalue weighted by atomic mass is 35.5. The van der Waals surface area contributed by atoms with Gasteiger partial charge < -0.3 is 5.11 Å². The Hall–Kier alpha value is -1.64. The van der Waals surface area contributed by atoms with Crippen molar-refractivity contribution in [3.05, 3.63) is 58.6 Å². The number of aliphatic hydroxyl groups is 1. The van der Waals surface area contributed by atoms with Crippen molar-refractivity contribution in [3.8, 4) is 11.1 Å².